The third-order valence-electron chi connectivity index (χ3n) is 5.74. The van der Waals surface area contributed by atoms with Crippen LogP contribution in [0.25, 0.3) is 0 Å². The SMILES string of the molecule is CC1CC1C(=O)Nc1cccc(C(=O)N2CCC(Oc3ccc(F)cc3F)CC2)c1. The Bertz CT molecular complexity index is 957. The van der Waals surface area contributed by atoms with Crippen LogP contribution in [0.4, 0.5) is 14.5 Å². The summed E-state index contributed by atoms with van der Waals surface area (Å²) in [5, 5.41) is 2.88. The maximum atomic E-state index is 13.8. The number of likely N-dealkylation sites (tertiary alicyclic amines) is 1. The molecule has 0 aromatic heterocycles. The molecule has 5 nitrogen and oxygen atoms in total. The third-order valence-corrected chi connectivity index (χ3v) is 5.74. The maximum absolute atomic E-state index is 13.8. The molecule has 4 rings (SSSR count). The van der Waals surface area contributed by atoms with E-state index >= 15 is 0 Å². The Balaban J connectivity index is 1.33. The lowest BCUT2D eigenvalue weighted by Gasteiger charge is -2.32. The van der Waals surface area contributed by atoms with Crippen molar-refractivity contribution in [1.29, 1.82) is 0 Å². The van der Waals surface area contributed by atoms with Gasteiger partial charge < -0.3 is 15.0 Å². The van der Waals surface area contributed by atoms with Crippen LogP contribution in [0.2, 0.25) is 0 Å². The zero-order valence-electron chi connectivity index (χ0n) is 16.7. The van der Waals surface area contributed by atoms with Crippen LogP contribution in [-0.2, 0) is 4.79 Å². The molecule has 2 aliphatic rings. The normalized spacial score (nSPS) is 21.2. The van der Waals surface area contributed by atoms with Gasteiger partial charge >= 0.3 is 0 Å². The fourth-order valence-electron chi connectivity index (χ4n) is 3.76. The summed E-state index contributed by atoms with van der Waals surface area (Å²) >= 11 is 0. The molecule has 1 aliphatic carbocycles. The topological polar surface area (TPSA) is 58.6 Å². The van der Waals surface area contributed by atoms with Gasteiger partial charge in [0.1, 0.15) is 11.9 Å². The van der Waals surface area contributed by atoms with Crippen LogP contribution in [-0.4, -0.2) is 35.9 Å². The first-order chi connectivity index (χ1) is 14.4. The average Bonchev–Trinajstić information content (AvgIpc) is 3.47. The summed E-state index contributed by atoms with van der Waals surface area (Å²) in [4.78, 5) is 26.7. The fourth-order valence-corrected chi connectivity index (χ4v) is 3.76. The molecule has 2 fully saturated rings. The Morgan fingerprint density at radius 3 is 2.50 bits per heavy atom. The number of benzene rings is 2. The van der Waals surface area contributed by atoms with E-state index in [0.29, 0.717) is 43.1 Å². The molecular weight excluding hydrogens is 390 g/mol. The Kier molecular flexibility index (Phi) is 5.70. The molecule has 1 saturated carbocycles. The second kappa shape index (κ2) is 8.42. The molecule has 0 radical (unpaired) electrons. The first kappa shape index (κ1) is 20.3. The highest BCUT2D eigenvalue weighted by Gasteiger charge is 2.39. The highest BCUT2D eigenvalue weighted by Crippen LogP contribution is 2.38. The lowest BCUT2D eigenvalue weighted by Crippen LogP contribution is -2.41. The number of rotatable bonds is 5. The molecule has 2 amide bonds. The van der Waals surface area contributed by atoms with Crippen molar-refractivity contribution in [3.05, 3.63) is 59.7 Å². The van der Waals surface area contributed by atoms with E-state index in [1.807, 2.05) is 6.92 Å². The zero-order valence-corrected chi connectivity index (χ0v) is 16.7. The fraction of sp³-hybridized carbons (Fsp3) is 0.391. The Morgan fingerprint density at radius 2 is 1.83 bits per heavy atom. The highest BCUT2D eigenvalue weighted by atomic mass is 19.1. The van der Waals surface area contributed by atoms with E-state index in [1.54, 1.807) is 29.2 Å². The van der Waals surface area contributed by atoms with Gasteiger partial charge in [-0.3, -0.25) is 9.59 Å². The van der Waals surface area contributed by atoms with Crippen molar-refractivity contribution in [2.24, 2.45) is 11.8 Å². The average molecular weight is 414 g/mol. The number of amides is 2. The molecule has 2 atom stereocenters. The minimum Gasteiger partial charge on any atom is -0.487 e. The van der Waals surface area contributed by atoms with Crippen LogP contribution in [0, 0.1) is 23.5 Å². The minimum atomic E-state index is -0.729. The van der Waals surface area contributed by atoms with Crippen molar-refractivity contribution in [2.75, 3.05) is 18.4 Å². The van der Waals surface area contributed by atoms with Crippen LogP contribution < -0.4 is 10.1 Å². The molecule has 1 aliphatic heterocycles. The first-order valence-electron chi connectivity index (χ1n) is 10.2. The largest absolute Gasteiger partial charge is 0.487 e. The molecule has 7 heteroatoms. The maximum Gasteiger partial charge on any atom is 0.253 e. The molecule has 30 heavy (non-hydrogen) atoms. The lowest BCUT2D eigenvalue weighted by molar-refractivity contribution is -0.117. The monoisotopic (exact) mass is 414 g/mol. The van der Waals surface area contributed by atoms with E-state index in [-0.39, 0.29) is 29.6 Å². The number of carbonyl (C=O) groups is 2. The zero-order chi connectivity index (χ0) is 21.3. The van der Waals surface area contributed by atoms with Gasteiger partial charge in [0.2, 0.25) is 5.91 Å². The molecule has 0 bridgehead atoms. The summed E-state index contributed by atoms with van der Waals surface area (Å²) in [5.41, 5.74) is 1.13. The van der Waals surface area contributed by atoms with Crippen molar-refractivity contribution in [3.8, 4) is 5.75 Å². The van der Waals surface area contributed by atoms with Gasteiger partial charge in [-0.1, -0.05) is 13.0 Å². The van der Waals surface area contributed by atoms with Gasteiger partial charge in [-0.2, -0.15) is 0 Å². The molecule has 158 valence electrons. The van der Waals surface area contributed by atoms with E-state index in [4.69, 9.17) is 4.74 Å². The molecule has 2 unspecified atom stereocenters. The number of nitrogens with zero attached hydrogens (tertiary/aromatic N) is 1. The van der Waals surface area contributed by atoms with Gasteiger partial charge in [0, 0.05) is 49.2 Å². The number of piperidine rings is 1. The third kappa shape index (κ3) is 4.61. The Hall–Kier alpha value is -2.96. The predicted molar refractivity (Wildman–Crippen MR) is 108 cm³/mol. The second-order valence-electron chi connectivity index (χ2n) is 8.07. The number of anilines is 1. The summed E-state index contributed by atoms with van der Waals surface area (Å²) < 4.78 is 32.4. The summed E-state index contributed by atoms with van der Waals surface area (Å²) in [6, 6.07) is 10.2. The van der Waals surface area contributed by atoms with Gasteiger partial charge in [0.25, 0.3) is 5.91 Å². The van der Waals surface area contributed by atoms with Crippen LogP contribution in [0.3, 0.4) is 0 Å². The molecule has 1 N–H and O–H groups in total. The Morgan fingerprint density at radius 1 is 1.10 bits per heavy atom. The predicted octanol–water partition coefficient (Wildman–Crippen LogP) is 4.24. The van der Waals surface area contributed by atoms with Crippen molar-refractivity contribution in [2.45, 2.75) is 32.3 Å². The highest BCUT2D eigenvalue weighted by molar-refractivity contribution is 5.98. The van der Waals surface area contributed by atoms with Crippen molar-refractivity contribution >= 4 is 17.5 Å². The summed E-state index contributed by atoms with van der Waals surface area (Å²) in [6.45, 7) is 2.99. The molecule has 2 aromatic carbocycles. The molecule has 1 heterocycles. The van der Waals surface area contributed by atoms with E-state index < -0.39 is 11.6 Å². The summed E-state index contributed by atoms with van der Waals surface area (Å²) in [6.07, 6.45) is 1.78. The standard InChI is InChI=1S/C23H24F2N2O3/c1-14-11-19(14)22(28)26-17-4-2-3-15(12-17)23(29)27-9-7-18(8-10-27)30-21-6-5-16(24)13-20(21)25/h2-6,12-14,18-19H,7-11H2,1H3,(H,26,28). The van der Waals surface area contributed by atoms with Crippen LogP contribution in [0.1, 0.15) is 36.5 Å². The lowest BCUT2D eigenvalue weighted by atomic mass is 10.1. The van der Waals surface area contributed by atoms with Crippen molar-refractivity contribution < 1.29 is 23.1 Å². The van der Waals surface area contributed by atoms with E-state index in [2.05, 4.69) is 5.32 Å². The van der Waals surface area contributed by atoms with E-state index in [0.717, 1.165) is 18.6 Å². The van der Waals surface area contributed by atoms with Gasteiger partial charge in [-0.05, 0) is 42.7 Å². The van der Waals surface area contributed by atoms with Gasteiger partial charge in [0.05, 0.1) is 0 Å². The number of ether oxygens (including phenoxy) is 1. The molecule has 2 aromatic rings. The quantitative estimate of drug-likeness (QED) is 0.796. The van der Waals surface area contributed by atoms with Crippen LogP contribution >= 0.6 is 0 Å². The van der Waals surface area contributed by atoms with Crippen molar-refractivity contribution in [3.63, 3.8) is 0 Å². The smallest absolute Gasteiger partial charge is 0.253 e. The summed E-state index contributed by atoms with van der Waals surface area (Å²) in [7, 11) is 0. The summed E-state index contributed by atoms with van der Waals surface area (Å²) in [5.74, 6) is -0.987. The first-order valence-corrected chi connectivity index (χ1v) is 10.2. The number of hydrogen-bond donors (Lipinski definition) is 1. The number of nitrogens with one attached hydrogen (secondary N) is 1. The van der Waals surface area contributed by atoms with Crippen LogP contribution in [0.15, 0.2) is 42.5 Å². The van der Waals surface area contributed by atoms with E-state index in [9.17, 15) is 18.4 Å². The molecule has 0 spiro atoms. The van der Waals surface area contributed by atoms with Gasteiger partial charge in [-0.25, -0.2) is 8.78 Å². The minimum absolute atomic E-state index is 0.00177. The number of halogens is 2. The van der Waals surface area contributed by atoms with E-state index in [1.165, 1.54) is 6.07 Å². The number of carbonyl (C=O) groups excluding carboxylic acids is 2. The Labute approximate surface area is 174 Å². The van der Waals surface area contributed by atoms with Crippen LogP contribution in [0.5, 0.6) is 5.75 Å². The molecule has 1 saturated heterocycles. The van der Waals surface area contributed by atoms with Crippen molar-refractivity contribution in [1.82, 2.24) is 4.90 Å². The second-order valence-corrected chi connectivity index (χ2v) is 8.07. The molecular formula is C23H24F2N2O3. The number of hydrogen-bond acceptors (Lipinski definition) is 3. The van der Waals surface area contributed by atoms with Gasteiger partial charge in [-0.15, -0.1) is 0 Å². The van der Waals surface area contributed by atoms with Gasteiger partial charge in [0.15, 0.2) is 11.6 Å².